The predicted octanol–water partition coefficient (Wildman–Crippen LogP) is 6.40. The Labute approximate surface area is 171 Å². The summed E-state index contributed by atoms with van der Waals surface area (Å²) in [6.07, 6.45) is 7.43. The molecule has 0 aromatic heterocycles. The topological polar surface area (TPSA) is 44.8 Å². The van der Waals surface area contributed by atoms with Crippen molar-refractivity contribution >= 4 is 34.4 Å². The maximum absolute atomic E-state index is 12.8. The number of hydrogen-bond donors (Lipinski definition) is 0. The minimum Gasteiger partial charge on any atom is -0.468 e. The summed E-state index contributed by atoms with van der Waals surface area (Å²) < 4.78 is 17.0. The van der Waals surface area contributed by atoms with Gasteiger partial charge in [-0.15, -0.1) is 0 Å². The van der Waals surface area contributed by atoms with E-state index in [1.807, 2.05) is 0 Å². The van der Waals surface area contributed by atoms with Crippen LogP contribution in [-0.2, 0) is 30.8 Å². The number of esters is 1. The first kappa shape index (κ1) is 21.0. The molecule has 0 N–H and O–H groups in total. The van der Waals surface area contributed by atoms with Gasteiger partial charge in [0.2, 0.25) is 0 Å². The Morgan fingerprint density at radius 3 is 2.48 bits per heavy atom. The van der Waals surface area contributed by atoms with Crippen LogP contribution in [0.25, 0.3) is 0 Å². The average molecular weight is 429 g/mol. The monoisotopic (exact) mass is 428 g/mol. The molecular weight excluding hydrogens is 399 g/mol. The fraction of sp³-hybridized carbons (Fsp3) is 0.650. The van der Waals surface area contributed by atoms with Crippen molar-refractivity contribution in [2.45, 2.75) is 65.7 Å². The molecule has 1 unspecified atom stereocenters. The smallest absolute Gasteiger partial charge is 0.339 e. The van der Waals surface area contributed by atoms with Crippen LogP contribution in [0.4, 0.5) is 0 Å². The van der Waals surface area contributed by atoms with E-state index < -0.39 is 5.24 Å². The van der Waals surface area contributed by atoms with E-state index in [2.05, 4.69) is 20.8 Å². The largest absolute Gasteiger partial charge is 0.468 e. The number of ether oxygens (including phenoxy) is 3. The third kappa shape index (κ3) is 3.54. The van der Waals surface area contributed by atoms with E-state index in [1.54, 1.807) is 18.5 Å². The third-order valence-electron chi connectivity index (χ3n) is 5.71. The second-order valence-corrected chi connectivity index (χ2v) is 15.0. The highest BCUT2D eigenvalue weighted by Crippen LogP contribution is 2.84. The summed E-state index contributed by atoms with van der Waals surface area (Å²) in [5.41, 5.74) is 0.425. The molecule has 0 saturated heterocycles. The Balaban J connectivity index is 2.23. The van der Waals surface area contributed by atoms with Gasteiger partial charge in [-0.05, 0) is 31.1 Å². The van der Waals surface area contributed by atoms with E-state index in [-0.39, 0.29) is 11.4 Å². The van der Waals surface area contributed by atoms with Crippen molar-refractivity contribution in [1.82, 2.24) is 0 Å². The highest BCUT2D eigenvalue weighted by molar-refractivity contribution is 8.75. The van der Waals surface area contributed by atoms with Gasteiger partial charge in [0.1, 0.15) is 5.76 Å². The lowest BCUT2D eigenvalue weighted by atomic mass is 9.87. The van der Waals surface area contributed by atoms with Crippen molar-refractivity contribution in [1.29, 1.82) is 0 Å². The Bertz CT molecular complexity index is 792. The van der Waals surface area contributed by atoms with Gasteiger partial charge in [0.25, 0.3) is 5.95 Å². The zero-order valence-electron chi connectivity index (χ0n) is 16.8. The summed E-state index contributed by atoms with van der Waals surface area (Å²) in [6, 6.07) is 0. The fourth-order valence-corrected chi connectivity index (χ4v) is 12.2. The van der Waals surface area contributed by atoms with Crippen LogP contribution < -0.4 is 0 Å². The number of hydrogen-bond acceptors (Lipinski definition) is 6. The zero-order valence-corrected chi connectivity index (χ0v) is 19.4. The number of allylic oxidation sites excluding steroid dienone is 3. The number of carbonyl (C=O) groups excluding carboxylic acids is 1. The van der Waals surface area contributed by atoms with Crippen molar-refractivity contribution in [3.05, 3.63) is 32.8 Å². The lowest BCUT2D eigenvalue weighted by Gasteiger charge is -2.32. The molecule has 0 bridgehead atoms. The summed E-state index contributed by atoms with van der Waals surface area (Å²) >= 11 is 8.10. The van der Waals surface area contributed by atoms with Crippen LogP contribution in [0.1, 0.15) is 65.7 Å². The van der Waals surface area contributed by atoms with Gasteiger partial charge in [0.05, 0.1) is 30.3 Å². The van der Waals surface area contributed by atoms with Gasteiger partial charge in [0, 0.05) is 16.6 Å². The van der Waals surface area contributed by atoms with Crippen molar-refractivity contribution in [3.63, 3.8) is 0 Å². The molecule has 0 amide bonds. The first-order valence-electron chi connectivity index (χ1n) is 9.62. The zero-order chi connectivity index (χ0) is 19.8. The maximum atomic E-state index is 12.8. The Morgan fingerprint density at radius 2 is 1.89 bits per heavy atom. The minimum absolute atomic E-state index is 0.161. The number of rotatable bonds is 4. The van der Waals surface area contributed by atoms with Crippen LogP contribution in [-0.4, -0.2) is 20.2 Å². The van der Waals surface area contributed by atoms with Gasteiger partial charge >= 0.3 is 5.97 Å². The van der Waals surface area contributed by atoms with Crippen molar-refractivity contribution in [2.24, 2.45) is 5.41 Å². The fourth-order valence-electron chi connectivity index (χ4n) is 3.74. The number of carbonyl (C=O) groups is 1. The minimum atomic E-state index is -2.23. The SMILES string of the molecule is CCC(C)(C)C1=C(C(=O)OC)C2=C(OC)OC3=C(CCCCCC3)P2(=S)S1. The van der Waals surface area contributed by atoms with Crippen molar-refractivity contribution in [3.8, 4) is 0 Å². The second-order valence-electron chi connectivity index (χ2n) is 7.80. The highest BCUT2D eigenvalue weighted by Gasteiger charge is 2.51. The molecule has 0 fully saturated rings. The van der Waals surface area contributed by atoms with Crippen LogP contribution in [0.15, 0.2) is 32.8 Å². The Hall–Kier alpha value is -0.710. The Morgan fingerprint density at radius 1 is 1.22 bits per heavy atom. The molecule has 3 rings (SSSR count). The van der Waals surface area contributed by atoms with Gasteiger partial charge in [-0.1, -0.05) is 56.8 Å². The summed E-state index contributed by atoms with van der Waals surface area (Å²) in [7, 11) is 3.02. The second kappa shape index (κ2) is 7.96. The maximum Gasteiger partial charge on any atom is 0.339 e. The number of methoxy groups -OCH3 is 2. The lowest BCUT2D eigenvalue weighted by Crippen LogP contribution is -2.17. The highest BCUT2D eigenvalue weighted by atomic mass is 32.9. The third-order valence-corrected chi connectivity index (χ3v) is 13.5. The molecule has 0 spiro atoms. The van der Waals surface area contributed by atoms with Crippen LogP contribution in [0.5, 0.6) is 0 Å². The summed E-state index contributed by atoms with van der Waals surface area (Å²) in [5, 5.41) is -0.194. The molecule has 2 aliphatic heterocycles. The van der Waals surface area contributed by atoms with Gasteiger partial charge in [-0.3, -0.25) is 0 Å². The molecular formula is C20H29O4PS2. The van der Waals surface area contributed by atoms with Crippen LogP contribution in [0.3, 0.4) is 0 Å². The van der Waals surface area contributed by atoms with Crippen LogP contribution in [0, 0.1) is 5.41 Å². The van der Waals surface area contributed by atoms with Gasteiger partial charge in [0.15, 0.2) is 0 Å². The quantitative estimate of drug-likeness (QED) is 0.381. The van der Waals surface area contributed by atoms with E-state index in [0.717, 1.165) is 48.1 Å². The molecule has 0 aromatic carbocycles. The molecule has 2 heterocycles. The molecule has 0 aromatic rings. The first-order chi connectivity index (χ1) is 12.8. The number of fused-ring (bicyclic) bond motifs is 2. The molecule has 1 atom stereocenters. The van der Waals surface area contributed by atoms with E-state index in [4.69, 9.17) is 26.0 Å². The Kier molecular flexibility index (Phi) is 6.20. The average Bonchev–Trinajstić information content (AvgIpc) is 2.96. The summed E-state index contributed by atoms with van der Waals surface area (Å²) in [6.45, 7) is 6.47. The van der Waals surface area contributed by atoms with Crippen LogP contribution >= 0.6 is 16.6 Å². The van der Waals surface area contributed by atoms with Crippen molar-refractivity contribution < 1.29 is 19.0 Å². The first-order valence-corrected chi connectivity index (χ1v) is 13.8. The predicted molar refractivity (Wildman–Crippen MR) is 115 cm³/mol. The van der Waals surface area contributed by atoms with E-state index in [0.29, 0.717) is 11.5 Å². The van der Waals surface area contributed by atoms with E-state index >= 15 is 0 Å². The van der Waals surface area contributed by atoms with Gasteiger partial charge < -0.3 is 14.2 Å². The van der Waals surface area contributed by atoms with Gasteiger partial charge in [-0.2, -0.15) is 0 Å². The molecule has 4 nitrogen and oxygen atoms in total. The summed E-state index contributed by atoms with van der Waals surface area (Å²) in [5.74, 6) is 1.06. The molecule has 150 valence electrons. The molecule has 0 radical (unpaired) electrons. The van der Waals surface area contributed by atoms with Gasteiger partial charge in [-0.25, -0.2) is 4.79 Å². The van der Waals surface area contributed by atoms with E-state index in [9.17, 15) is 4.79 Å². The molecule has 27 heavy (non-hydrogen) atoms. The molecule has 7 heteroatoms. The standard InChI is InChI=1S/C20H29O4PS2/c1-6-20(2,3)17-15(18(21)22-4)16-19(23-5)24-13-11-9-7-8-10-12-14(13)25(16,26)27-17/h6-12H2,1-5H3. The molecule has 3 aliphatic rings. The van der Waals surface area contributed by atoms with E-state index in [1.165, 1.54) is 25.3 Å². The normalized spacial score (nSPS) is 26.1. The summed E-state index contributed by atoms with van der Waals surface area (Å²) in [4.78, 5) is 13.9. The van der Waals surface area contributed by atoms with Crippen LogP contribution in [0.2, 0.25) is 0 Å². The molecule has 1 aliphatic carbocycles. The molecule has 0 saturated carbocycles. The van der Waals surface area contributed by atoms with Crippen molar-refractivity contribution in [2.75, 3.05) is 14.2 Å². The lowest BCUT2D eigenvalue weighted by molar-refractivity contribution is -0.135.